The van der Waals surface area contributed by atoms with E-state index in [0.717, 1.165) is 0 Å². The number of halogens is 1. The van der Waals surface area contributed by atoms with Crippen molar-refractivity contribution in [2.75, 3.05) is 5.73 Å². The summed E-state index contributed by atoms with van der Waals surface area (Å²) in [4.78, 5) is 12.0. The first-order chi connectivity index (χ1) is 8.08. The fraction of sp³-hybridized carbons (Fsp3) is 0. The molecule has 17 heavy (non-hydrogen) atoms. The zero-order chi connectivity index (χ0) is 12.4. The second kappa shape index (κ2) is 4.25. The number of hydrogen-bond donors (Lipinski definition) is 2. The molecule has 2 aromatic carbocycles. The number of nitrogens with two attached hydrogens (primary N) is 1. The van der Waals surface area contributed by atoms with Crippen molar-refractivity contribution < 1.29 is 14.3 Å². The van der Waals surface area contributed by atoms with Crippen molar-refractivity contribution in [3.05, 3.63) is 59.4 Å². The normalized spacial score (nSPS) is 10.2. The van der Waals surface area contributed by atoms with Crippen LogP contribution in [-0.2, 0) is 0 Å². The molecule has 0 atom stereocenters. The number of aromatic hydroxyl groups is 1. The number of phenolic OH excluding ortho intramolecular Hbond substituents is 1. The Bertz CT molecular complexity index is 564. The number of carbonyl (C=O) groups is 1. The molecule has 0 heterocycles. The fourth-order valence-corrected chi connectivity index (χ4v) is 1.51. The van der Waals surface area contributed by atoms with E-state index >= 15 is 0 Å². The van der Waals surface area contributed by atoms with Gasteiger partial charge < -0.3 is 10.8 Å². The molecule has 86 valence electrons. The minimum atomic E-state index is -0.403. The van der Waals surface area contributed by atoms with Gasteiger partial charge in [-0.15, -0.1) is 0 Å². The molecule has 0 aliphatic heterocycles. The summed E-state index contributed by atoms with van der Waals surface area (Å²) in [5.41, 5.74) is 6.47. The Labute approximate surface area is 97.3 Å². The minimum Gasteiger partial charge on any atom is -0.508 e. The van der Waals surface area contributed by atoms with Crippen LogP contribution in [0.3, 0.4) is 0 Å². The molecule has 0 aliphatic rings. The highest BCUT2D eigenvalue weighted by molar-refractivity contribution is 6.12. The molecular formula is C13H10FNO2. The number of benzene rings is 2. The standard InChI is InChI=1S/C13H10FNO2/c14-9-3-1-8(2-4-9)13(17)11-6-5-10(16)7-12(11)15/h1-7,16H,15H2. The first-order valence-electron chi connectivity index (χ1n) is 4.96. The van der Waals surface area contributed by atoms with Gasteiger partial charge >= 0.3 is 0 Å². The molecule has 0 aliphatic carbocycles. The van der Waals surface area contributed by atoms with Crippen LogP contribution in [0.25, 0.3) is 0 Å². The third-order valence-electron chi connectivity index (χ3n) is 2.39. The molecule has 0 amide bonds. The number of carbonyl (C=O) groups excluding carboxylic acids is 1. The van der Waals surface area contributed by atoms with E-state index < -0.39 is 5.82 Å². The minimum absolute atomic E-state index is 0.00171. The molecule has 2 aromatic rings. The van der Waals surface area contributed by atoms with E-state index in [0.29, 0.717) is 5.56 Å². The monoisotopic (exact) mass is 231 g/mol. The third-order valence-corrected chi connectivity index (χ3v) is 2.39. The van der Waals surface area contributed by atoms with Gasteiger partial charge in [0.1, 0.15) is 11.6 Å². The lowest BCUT2D eigenvalue weighted by atomic mass is 10.0. The lowest BCUT2D eigenvalue weighted by molar-refractivity contribution is 0.103. The van der Waals surface area contributed by atoms with Gasteiger partial charge in [0, 0.05) is 22.9 Å². The van der Waals surface area contributed by atoms with Crippen LogP contribution in [0.15, 0.2) is 42.5 Å². The smallest absolute Gasteiger partial charge is 0.195 e. The Kier molecular flexibility index (Phi) is 2.78. The summed E-state index contributed by atoms with van der Waals surface area (Å²) in [6.45, 7) is 0. The molecule has 0 unspecified atom stereocenters. The van der Waals surface area contributed by atoms with Gasteiger partial charge in [-0.3, -0.25) is 4.79 Å². The third kappa shape index (κ3) is 2.25. The Hall–Kier alpha value is -2.36. The van der Waals surface area contributed by atoms with E-state index in [1.807, 2.05) is 0 Å². The summed E-state index contributed by atoms with van der Waals surface area (Å²) in [5, 5.41) is 9.19. The number of ketones is 1. The molecule has 3 N–H and O–H groups in total. The van der Waals surface area contributed by atoms with Gasteiger partial charge in [0.2, 0.25) is 0 Å². The zero-order valence-electron chi connectivity index (χ0n) is 8.85. The Morgan fingerprint density at radius 3 is 2.35 bits per heavy atom. The maximum atomic E-state index is 12.7. The number of anilines is 1. The van der Waals surface area contributed by atoms with Gasteiger partial charge in [-0.25, -0.2) is 4.39 Å². The number of rotatable bonds is 2. The van der Waals surface area contributed by atoms with E-state index in [1.165, 1.54) is 42.5 Å². The molecule has 0 bridgehead atoms. The highest BCUT2D eigenvalue weighted by atomic mass is 19.1. The summed E-state index contributed by atoms with van der Waals surface area (Å²) in [6, 6.07) is 9.34. The van der Waals surface area contributed by atoms with E-state index in [4.69, 9.17) is 5.73 Å². The first-order valence-corrected chi connectivity index (χ1v) is 4.96. The number of nitrogen functional groups attached to an aromatic ring is 1. The highest BCUT2D eigenvalue weighted by Gasteiger charge is 2.12. The van der Waals surface area contributed by atoms with Crippen LogP contribution in [0.1, 0.15) is 15.9 Å². The molecular weight excluding hydrogens is 221 g/mol. The maximum Gasteiger partial charge on any atom is 0.195 e. The van der Waals surface area contributed by atoms with Gasteiger partial charge in [-0.1, -0.05) is 0 Å². The van der Waals surface area contributed by atoms with Crippen molar-refractivity contribution in [2.45, 2.75) is 0 Å². The molecule has 0 aromatic heterocycles. The highest BCUT2D eigenvalue weighted by Crippen LogP contribution is 2.21. The van der Waals surface area contributed by atoms with Crippen LogP contribution in [0.5, 0.6) is 5.75 Å². The second-order valence-corrected chi connectivity index (χ2v) is 3.61. The van der Waals surface area contributed by atoms with Crippen molar-refractivity contribution in [1.82, 2.24) is 0 Å². The largest absolute Gasteiger partial charge is 0.508 e. The Morgan fingerprint density at radius 1 is 1.12 bits per heavy atom. The van der Waals surface area contributed by atoms with Gasteiger partial charge in [0.25, 0.3) is 0 Å². The number of phenols is 1. The Balaban J connectivity index is 2.40. The van der Waals surface area contributed by atoms with Crippen molar-refractivity contribution in [2.24, 2.45) is 0 Å². The van der Waals surface area contributed by atoms with Crippen molar-refractivity contribution >= 4 is 11.5 Å². The molecule has 3 nitrogen and oxygen atoms in total. The van der Waals surface area contributed by atoms with E-state index in [-0.39, 0.29) is 22.8 Å². The van der Waals surface area contributed by atoms with E-state index in [1.54, 1.807) is 0 Å². The summed E-state index contributed by atoms with van der Waals surface area (Å²) < 4.78 is 12.7. The summed E-state index contributed by atoms with van der Waals surface area (Å²) in [7, 11) is 0. The van der Waals surface area contributed by atoms with Crippen LogP contribution in [0.4, 0.5) is 10.1 Å². The van der Waals surface area contributed by atoms with Gasteiger partial charge in [-0.2, -0.15) is 0 Å². The van der Waals surface area contributed by atoms with Crippen LogP contribution in [-0.4, -0.2) is 10.9 Å². The number of hydrogen-bond acceptors (Lipinski definition) is 3. The lowest BCUT2D eigenvalue weighted by Gasteiger charge is -2.05. The molecule has 2 rings (SSSR count). The van der Waals surface area contributed by atoms with E-state index in [9.17, 15) is 14.3 Å². The van der Waals surface area contributed by atoms with Gasteiger partial charge in [0.15, 0.2) is 5.78 Å². The fourth-order valence-electron chi connectivity index (χ4n) is 1.51. The summed E-state index contributed by atoms with van der Waals surface area (Å²) in [6.07, 6.45) is 0. The lowest BCUT2D eigenvalue weighted by Crippen LogP contribution is -2.05. The van der Waals surface area contributed by atoms with Crippen LogP contribution in [0.2, 0.25) is 0 Å². The molecule has 0 radical (unpaired) electrons. The summed E-state index contributed by atoms with van der Waals surface area (Å²) >= 11 is 0. The molecule has 0 saturated carbocycles. The molecule has 0 spiro atoms. The zero-order valence-corrected chi connectivity index (χ0v) is 8.85. The second-order valence-electron chi connectivity index (χ2n) is 3.61. The molecule has 4 heteroatoms. The van der Waals surface area contributed by atoms with Crippen LogP contribution in [0, 0.1) is 5.82 Å². The molecule has 0 saturated heterocycles. The average Bonchev–Trinajstić information content (AvgIpc) is 2.29. The molecule has 0 fully saturated rings. The Morgan fingerprint density at radius 2 is 1.76 bits per heavy atom. The van der Waals surface area contributed by atoms with Crippen LogP contribution < -0.4 is 5.73 Å². The van der Waals surface area contributed by atoms with Gasteiger partial charge in [-0.05, 0) is 36.4 Å². The quantitative estimate of drug-likeness (QED) is 0.616. The topological polar surface area (TPSA) is 63.3 Å². The maximum absolute atomic E-state index is 12.7. The van der Waals surface area contributed by atoms with Crippen LogP contribution >= 0.6 is 0 Å². The van der Waals surface area contributed by atoms with Crippen molar-refractivity contribution in [3.63, 3.8) is 0 Å². The SMILES string of the molecule is Nc1cc(O)ccc1C(=O)c1ccc(F)cc1. The first kappa shape index (κ1) is 11.1. The van der Waals surface area contributed by atoms with Crippen molar-refractivity contribution in [3.8, 4) is 5.75 Å². The predicted octanol–water partition coefficient (Wildman–Crippen LogP) is 2.34. The summed E-state index contributed by atoms with van der Waals surface area (Å²) in [5.74, 6) is -0.708. The van der Waals surface area contributed by atoms with E-state index in [2.05, 4.69) is 0 Å². The van der Waals surface area contributed by atoms with Crippen molar-refractivity contribution in [1.29, 1.82) is 0 Å². The average molecular weight is 231 g/mol. The predicted molar refractivity (Wildman–Crippen MR) is 62.4 cm³/mol. The van der Waals surface area contributed by atoms with Gasteiger partial charge in [0.05, 0.1) is 0 Å².